The van der Waals surface area contributed by atoms with Crippen molar-refractivity contribution in [3.05, 3.63) is 23.8 Å². The van der Waals surface area contributed by atoms with E-state index in [2.05, 4.69) is 0 Å². The van der Waals surface area contributed by atoms with E-state index in [9.17, 15) is 0 Å². The van der Waals surface area contributed by atoms with Crippen LogP contribution < -0.4 is 15.4 Å². The molecular formula is C11H18N2O. The molecule has 1 aromatic carbocycles. The van der Waals surface area contributed by atoms with Crippen molar-refractivity contribution in [2.75, 3.05) is 26.1 Å². The summed E-state index contributed by atoms with van der Waals surface area (Å²) in [7, 11) is 5.67. The standard InChI is InChI=1S/C11H18N2O/c1-8(12)11-9(13(2)3)6-5-7-10(11)14-4/h5-8H,12H2,1-4H3/t8-/m0/s1. The molecule has 3 heteroatoms. The molecule has 3 nitrogen and oxygen atoms in total. The van der Waals surface area contributed by atoms with Crippen molar-refractivity contribution in [2.24, 2.45) is 5.73 Å². The second-order valence-corrected chi connectivity index (χ2v) is 3.58. The highest BCUT2D eigenvalue weighted by Gasteiger charge is 2.13. The minimum Gasteiger partial charge on any atom is -0.496 e. The molecule has 0 aliphatic rings. The Bertz CT molecular complexity index is 308. The molecule has 0 unspecified atom stereocenters. The third kappa shape index (κ3) is 1.99. The molecule has 0 saturated heterocycles. The van der Waals surface area contributed by atoms with Gasteiger partial charge in [0.25, 0.3) is 0 Å². The van der Waals surface area contributed by atoms with Crippen LogP contribution in [-0.2, 0) is 0 Å². The summed E-state index contributed by atoms with van der Waals surface area (Å²) < 4.78 is 5.29. The third-order valence-electron chi connectivity index (χ3n) is 2.20. The van der Waals surface area contributed by atoms with E-state index in [1.54, 1.807) is 7.11 Å². The fourth-order valence-corrected chi connectivity index (χ4v) is 1.56. The van der Waals surface area contributed by atoms with E-state index in [4.69, 9.17) is 10.5 Å². The van der Waals surface area contributed by atoms with Gasteiger partial charge in [-0.05, 0) is 19.1 Å². The maximum absolute atomic E-state index is 5.92. The molecule has 0 fully saturated rings. The van der Waals surface area contributed by atoms with Crippen molar-refractivity contribution in [3.8, 4) is 5.75 Å². The Morgan fingerprint density at radius 3 is 2.43 bits per heavy atom. The zero-order valence-corrected chi connectivity index (χ0v) is 9.24. The van der Waals surface area contributed by atoms with Gasteiger partial charge in [-0.15, -0.1) is 0 Å². The van der Waals surface area contributed by atoms with E-state index in [-0.39, 0.29) is 6.04 Å². The summed E-state index contributed by atoms with van der Waals surface area (Å²) in [6.07, 6.45) is 0. The van der Waals surface area contributed by atoms with Crippen LogP contribution in [0.5, 0.6) is 5.75 Å². The average Bonchev–Trinajstić information content (AvgIpc) is 2.16. The van der Waals surface area contributed by atoms with Crippen LogP contribution in [0.1, 0.15) is 18.5 Å². The van der Waals surface area contributed by atoms with Crippen molar-refractivity contribution in [1.82, 2.24) is 0 Å². The van der Waals surface area contributed by atoms with E-state index in [1.807, 2.05) is 44.1 Å². The normalized spacial score (nSPS) is 12.4. The van der Waals surface area contributed by atoms with Gasteiger partial charge in [0, 0.05) is 31.4 Å². The SMILES string of the molecule is COc1cccc(N(C)C)c1[C@H](C)N. The molecule has 1 atom stereocenters. The number of rotatable bonds is 3. The average molecular weight is 194 g/mol. The molecule has 0 aromatic heterocycles. The van der Waals surface area contributed by atoms with E-state index in [0.29, 0.717) is 0 Å². The second-order valence-electron chi connectivity index (χ2n) is 3.58. The molecule has 0 heterocycles. The van der Waals surface area contributed by atoms with Gasteiger partial charge in [-0.25, -0.2) is 0 Å². The van der Waals surface area contributed by atoms with Crippen LogP contribution in [-0.4, -0.2) is 21.2 Å². The number of methoxy groups -OCH3 is 1. The lowest BCUT2D eigenvalue weighted by Gasteiger charge is -2.21. The van der Waals surface area contributed by atoms with Gasteiger partial charge in [0.1, 0.15) is 5.75 Å². The summed E-state index contributed by atoms with van der Waals surface area (Å²) >= 11 is 0. The first-order chi connectivity index (χ1) is 6.57. The van der Waals surface area contributed by atoms with Gasteiger partial charge in [-0.1, -0.05) is 6.07 Å². The topological polar surface area (TPSA) is 38.5 Å². The van der Waals surface area contributed by atoms with E-state index >= 15 is 0 Å². The fraction of sp³-hybridized carbons (Fsp3) is 0.455. The lowest BCUT2D eigenvalue weighted by atomic mass is 10.0. The van der Waals surface area contributed by atoms with E-state index in [1.165, 1.54) is 0 Å². The highest BCUT2D eigenvalue weighted by Crippen LogP contribution is 2.32. The quantitative estimate of drug-likeness (QED) is 0.797. The summed E-state index contributed by atoms with van der Waals surface area (Å²) in [4.78, 5) is 2.04. The number of hydrogen-bond acceptors (Lipinski definition) is 3. The zero-order valence-electron chi connectivity index (χ0n) is 9.24. The first-order valence-electron chi connectivity index (χ1n) is 4.67. The Hall–Kier alpha value is -1.22. The molecule has 0 aliphatic carbocycles. The predicted octanol–water partition coefficient (Wildman–Crippen LogP) is 1.78. The van der Waals surface area contributed by atoms with Gasteiger partial charge < -0.3 is 15.4 Å². The Balaban J connectivity index is 3.28. The van der Waals surface area contributed by atoms with Crippen LogP contribution in [0, 0.1) is 0 Å². The summed E-state index contributed by atoms with van der Waals surface area (Å²) in [5.41, 5.74) is 8.09. The van der Waals surface area contributed by atoms with Crippen LogP contribution in [0.4, 0.5) is 5.69 Å². The van der Waals surface area contributed by atoms with Crippen molar-refractivity contribution in [2.45, 2.75) is 13.0 Å². The summed E-state index contributed by atoms with van der Waals surface area (Å²) in [5.74, 6) is 0.853. The van der Waals surface area contributed by atoms with Gasteiger partial charge in [-0.3, -0.25) is 0 Å². The van der Waals surface area contributed by atoms with Crippen LogP contribution >= 0.6 is 0 Å². The fourth-order valence-electron chi connectivity index (χ4n) is 1.56. The third-order valence-corrected chi connectivity index (χ3v) is 2.20. The minimum atomic E-state index is -0.0245. The van der Waals surface area contributed by atoms with Gasteiger partial charge in [0.2, 0.25) is 0 Å². The van der Waals surface area contributed by atoms with Gasteiger partial charge in [0.15, 0.2) is 0 Å². The Morgan fingerprint density at radius 1 is 1.36 bits per heavy atom. The highest BCUT2D eigenvalue weighted by molar-refractivity contribution is 5.59. The maximum atomic E-state index is 5.92. The molecule has 0 amide bonds. The van der Waals surface area contributed by atoms with Crippen molar-refractivity contribution >= 4 is 5.69 Å². The molecule has 0 aliphatic heterocycles. The molecule has 2 N–H and O–H groups in total. The van der Waals surface area contributed by atoms with Gasteiger partial charge in [0.05, 0.1) is 7.11 Å². The first-order valence-corrected chi connectivity index (χ1v) is 4.67. The molecular weight excluding hydrogens is 176 g/mol. The Morgan fingerprint density at radius 2 is 2.00 bits per heavy atom. The van der Waals surface area contributed by atoms with Crippen LogP contribution in [0.3, 0.4) is 0 Å². The Labute approximate surface area is 85.5 Å². The molecule has 1 aromatic rings. The molecule has 0 spiro atoms. The van der Waals surface area contributed by atoms with Crippen LogP contribution in [0.15, 0.2) is 18.2 Å². The lowest BCUT2D eigenvalue weighted by molar-refractivity contribution is 0.407. The first kappa shape index (κ1) is 10.9. The summed E-state index contributed by atoms with van der Waals surface area (Å²) in [6, 6.07) is 5.93. The molecule has 78 valence electrons. The Kier molecular flexibility index (Phi) is 3.36. The smallest absolute Gasteiger partial charge is 0.125 e. The highest BCUT2D eigenvalue weighted by atomic mass is 16.5. The van der Waals surface area contributed by atoms with Gasteiger partial charge in [-0.2, -0.15) is 0 Å². The second kappa shape index (κ2) is 4.33. The minimum absolute atomic E-state index is 0.0245. The number of anilines is 1. The monoisotopic (exact) mass is 194 g/mol. The van der Waals surface area contributed by atoms with E-state index in [0.717, 1.165) is 17.0 Å². The van der Waals surface area contributed by atoms with Crippen LogP contribution in [0.25, 0.3) is 0 Å². The predicted molar refractivity (Wildman–Crippen MR) is 59.9 cm³/mol. The zero-order chi connectivity index (χ0) is 10.7. The van der Waals surface area contributed by atoms with Gasteiger partial charge >= 0.3 is 0 Å². The number of hydrogen-bond donors (Lipinski definition) is 1. The van der Waals surface area contributed by atoms with Crippen LogP contribution in [0.2, 0.25) is 0 Å². The van der Waals surface area contributed by atoms with E-state index < -0.39 is 0 Å². The molecule has 0 radical (unpaired) electrons. The molecule has 0 bridgehead atoms. The number of benzene rings is 1. The largest absolute Gasteiger partial charge is 0.496 e. The number of nitrogens with zero attached hydrogens (tertiary/aromatic N) is 1. The molecule has 14 heavy (non-hydrogen) atoms. The maximum Gasteiger partial charge on any atom is 0.125 e. The number of nitrogens with two attached hydrogens (primary N) is 1. The van der Waals surface area contributed by atoms with Crippen molar-refractivity contribution in [3.63, 3.8) is 0 Å². The van der Waals surface area contributed by atoms with Crippen molar-refractivity contribution in [1.29, 1.82) is 0 Å². The van der Waals surface area contributed by atoms with Crippen molar-refractivity contribution < 1.29 is 4.74 Å². The summed E-state index contributed by atoms with van der Waals surface area (Å²) in [5, 5.41) is 0. The molecule has 1 rings (SSSR count). The lowest BCUT2D eigenvalue weighted by Crippen LogP contribution is -2.16. The number of ether oxygens (including phenoxy) is 1. The molecule has 0 saturated carbocycles. The summed E-state index contributed by atoms with van der Waals surface area (Å²) in [6.45, 7) is 1.96.